The van der Waals surface area contributed by atoms with E-state index in [1.807, 2.05) is 55.6 Å². The molecule has 0 aliphatic rings. The lowest BCUT2D eigenvalue weighted by molar-refractivity contribution is 0.277. The quantitative estimate of drug-likeness (QED) is 0.746. The van der Waals surface area contributed by atoms with Gasteiger partial charge in [-0.3, -0.25) is 4.90 Å². The van der Waals surface area contributed by atoms with Gasteiger partial charge in [0, 0.05) is 6.54 Å². The number of ether oxygens (including phenoxy) is 3. The highest BCUT2D eigenvalue weighted by Gasteiger charge is 2.12. The monoisotopic (exact) mass is 342 g/mol. The number of hydrogen-bond donors (Lipinski definition) is 1. The molecule has 2 rings (SSSR count). The third kappa shape index (κ3) is 4.75. The van der Waals surface area contributed by atoms with Crippen LogP contribution in [0.1, 0.15) is 17.3 Å². The van der Waals surface area contributed by atoms with Crippen LogP contribution in [0.15, 0.2) is 48.5 Å². The number of benzene rings is 2. The maximum absolute atomic E-state index is 6.28. The van der Waals surface area contributed by atoms with Gasteiger partial charge in [-0.25, -0.2) is 0 Å². The van der Waals surface area contributed by atoms with E-state index >= 15 is 0 Å². The highest BCUT2D eigenvalue weighted by atomic mass is 16.5. The first-order valence-corrected chi connectivity index (χ1v) is 8.08. The zero-order chi connectivity index (χ0) is 18.2. The van der Waals surface area contributed by atoms with Gasteiger partial charge in [0.2, 0.25) is 5.75 Å². The fourth-order valence-electron chi connectivity index (χ4n) is 2.57. The molecule has 0 heterocycles. The molecule has 0 saturated heterocycles. The summed E-state index contributed by atoms with van der Waals surface area (Å²) in [6, 6.07) is 13.9. The molecule has 0 fully saturated rings. The van der Waals surface area contributed by atoms with Gasteiger partial charge in [-0.15, -0.1) is 0 Å². The third-order valence-corrected chi connectivity index (χ3v) is 4.01. The van der Waals surface area contributed by atoms with E-state index < -0.39 is 0 Å². The van der Waals surface area contributed by atoms with Crippen LogP contribution < -0.4 is 19.9 Å². The van der Waals surface area contributed by atoms with Gasteiger partial charge in [0.1, 0.15) is 0 Å². The van der Waals surface area contributed by atoms with Crippen molar-refractivity contribution in [3.63, 3.8) is 0 Å². The SMILES string of the molecule is COc1cc(C=CCN(C)C(N)c2ccccc2)cc(OC)c1OC. The number of likely N-dealkylation sites (N-methyl/N-ethyl adjacent to an activating group) is 1. The van der Waals surface area contributed by atoms with Crippen molar-refractivity contribution in [2.75, 3.05) is 34.9 Å². The second-order valence-electron chi connectivity index (χ2n) is 5.66. The number of methoxy groups -OCH3 is 3. The molecule has 134 valence electrons. The molecule has 0 bridgehead atoms. The molecule has 2 aromatic carbocycles. The van der Waals surface area contributed by atoms with E-state index in [2.05, 4.69) is 11.0 Å². The molecular formula is C20H26N2O3. The molecule has 0 aliphatic carbocycles. The summed E-state index contributed by atoms with van der Waals surface area (Å²) in [6.07, 6.45) is 3.92. The molecule has 0 spiro atoms. The number of rotatable bonds is 8. The highest BCUT2D eigenvalue weighted by Crippen LogP contribution is 2.38. The Labute approximate surface area is 149 Å². The topological polar surface area (TPSA) is 57.0 Å². The molecule has 0 amide bonds. The van der Waals surface area contributed by atoms with Crippen molar-refractivity contribution in [2.24, 2.45) is 5.73 Å². The van der Waals surface area contributed by atoms with Gasteiger partial charge >= 0.3 is 0 Å². The normalized spacial score (nSPS) is 12.4. The number of hydrogen-bond acceptors (Lipinski definition) is 5. The van der Waals surface area contributed by atoms with E-state index in [4.69, 9.17) is 19.9 Å². The maximum Gasteiger partial charge on any atom is 0.203 e. The van der Waals surface area contributed by atoms with Gasteiger partial charge in [0.05, 0.1) is 27.5 Å². The predicted octanol–water partition coefficient (Wildman–Crippen LogP) is 3.31. The van der Waals surface area contributed by atoms with E-state index in [0.29, 0.717) is 23.8 Å². The lowest BCUT2D eigenvalue weighted by atomic mass is 10.1. The van der Waals surface area contributed by atoms with E-state index in [-0.39, 0.29) is 6.17 Å². The van der Waals surface area contributed by atoms with Crippen molar-refractivity contribution in [3.05, 3.63) is 59.7 Å². The summed E-state index contributed by atoms with van der Waals surface area (Å²) >= 11 is 0. The van der Waals surface area contributed by atoms with E-state index in [1.165, 1.54) is 0 Å². The Morgan fingerprint density at radius 3 is 2.12 bits per heavy atom. The summed E-state index contributed by atoms with van der Waals surface area (Å²) < 4.78 is 16.1. The molecule has 25 heavy (non-hydrogen) atoms. The Balaban J connectivity index is 2.09. The van der Waals surface area contributed by atoms with Gasteiger partial charge in [-0.1, -0.05) is 42.5 Å². The second-order valence-corrected chi connectivity index (χ2v) is 5.66. The van der Waals surface area contributed by atoms with Crippen LogP contribution >= 0.6 is 0 Å². The van der Waals surface area contributed by atoms with Crippen LogP contribution in [-0.2, 0) is 0 Å². The predicted molar refractivity (Wildman–Crippen MR) is 101 cm³/mol. The van der Waals surface area contributed by atoms with Crippen molar-refractivity contribution in [3.8, 4) is 17.2 Å². The Morgan fingerprint density at radius 1 is 1.00 bits per heavy atom. The Hall–Kier alpha value is -2.50. The average molecular weight is 342 g/mol. The smallest absolute Gasteiger partial charge is 0.203 e. The standard InChI is InChI=1S/C20H26N2O3/c1-22(20(21)16-10-6-5-7-11-16)12-8-9-15-13-17(23-2)19(25-4)18(14-15)24-3/h5-11,13-14,20H,12,21H2,1-4H3. The van der Waals surface area contributed by atoms with E-state index in [9.17, 15) is 0 Å². The van der Waals surface area contributed by atoms with Crippen LogP contribution in [0.2, 0.25) is 0 Å². The van der Waals surface area contributed by atoms with Gasteiger partial charge in [-0.05, 0) is 30.3 Å². The average Bonchev–Trinajstić information content (AvgIpc) is 2.66. The van der Waals surface area contributed by atoms with E-state index in [0.717, 1.165) is 11.1 Å². The molecule has 0 radical (unpaired) electrons. The lowest BCUT2D eigenvalue weighted by Gasteiger charge is -2.23. The molecule has 0 aromatic heterocycles. The molecule has 1 atom stereocenters. The zero-order valence-electron chi connectivity index (χ0n) is 15.2. The molecule has 0 saturated carbocycles. The number of nitrogens with two attached hydrogens (primary N) is 1. The highest BCUT2D eigenvalue weighted by molar-refractivity contribution is 5.62. The molecular weight excluding hydrogens is 316 g/mol. The van der Waals surface area contributed by atoms with Crippen LogP contribution in [-0.4, -0.2) is 39.8 Å². The third-order valence-electron chi connectivity index (χ3n) is 4.01. The molecule has 5 heteroatoms. The summed E-state index contributed by atoms with van der Waals surface area (Å²) in [6.45, 7) is 0.715. The zero-order valence-corrected chi connectivity index (χ0v) is 15.2. The maximum atomic E-state index is 6.28. The largest absolute Gasteiger partial charge is 0.493 e. The lowest BCUT2D eigenvalue weighted by Crippen LogP contribution is -2.31. The minimum Gasteiger partial charge on any atom is -0.493 e. The second kappa shape index (κ2) is 9.11. The van der Waals surface area contributed by atoms with Crippen LogP contribution in [0.4, 0.5) is 0 Å². The minimum atomic E-state index is -0.147. The van der Waals surface area contributed by atoms with Crippen LogP contribution in [0.5, 0.6) is 17.2 Å². The molecule has 1 unspecified atom stereocenters. The molecule has 5 nitrogen and oxygen atoms in total. The summed E-state index contributed by atoms with van der Waals surface area (Å²) in [5, 5.41) is 0. The summed E-state index contributed by atoms with van der Waals surface area (Å²) in [7, 11) is 6.81. The minimum absolute atomic E-state index is 0.147. The summed E-state index contributed by atoms with van der Waals surface area (Å²) in [4.78, 5) is 2.07. The molecule has 2 N–H and O–H groups in total. The fraction of sp³-hybridized carbons (Fsp3) is 0.300. The van der Waals surface area contributed by atoms with Crippen LogP contribution in [0.25, 0.3) is 6.08 Å². The Morgan fingerprint density at radius 2 is 1.60 bits per heavy atom. The first kappa shape index (κ1) is 18.8. The van der Waals surface area contributed by atoms with Crippen molar-refractivity contribution in [1.82, 2.24) is 4.90 Å². The van der Waals surface area contributed by atoms with Crippen molar-refractivity contribution in [2.45, 2.75) is 6.17 Å². The van der Waals surface area contributed by atoms with Crippen molar-refractivity contribution in [1.29, 1.82) is 0 Å². The van der Waals surface area contributed by atoms with Gasteiger partial charge < -0.3 is 19.9 Å². The first-order chi connectivity index (χ1) is 12.1. The Bertz CT molecular complexity index is 676. The summed E-state index contributed by atoms with van der Waals surface area (Å²) in [5.74, 6) is 1.86. The molecule has 2 aromatic rings. The number of nitrogens with zero attached hydrogens (tertiary/aromatic N) is 1. The van der Waals surface area contributed by atoms with E-state index in [1.54, 1.807) is 21.3 Å². The summed E-state index contributed by atoms with van der Waals surface area (Å²) in [5.41, 5.74) is 8.34. The van der Waals surface area contributed by atoms with Crippen molar-refractivity contribution < 1.29 is 14.2 Å². The van der Waals surface area contributed by atoms with Crippen molar-refractivity contribution >= 4 is 6.08 Å². The van der Waals surface area contributed by atoms with Gasteiger partial charge in [0.25, 0.3) is 0 Å². The fourth-order valence-corrected chi connectivity index (χ4v) is 2.57. The van der Waals surface area contributed by atoms with Crippen LogP contribution in [0.3, 0.4) is 0 Å². The molecule has 0 aliphatic heterocycles. The Kier molecular flexibility index (Phi) is 6.86. The van der Waals surface area contributed by atoms with Gasteiger partial charge in [0.15, 0.2) is 11.5 Å². The van der Waals surface area contributed by atoms with Gasteiger partial charge in [-0.2, -0.15) is 0 Å². The van der Waals surface area contributed by atoms with Crippen LogP contribution in [0, 0.1) is 0 Å². The first-order valence-electron chi connectivity index (χ1n) is 8.08.